The molecule has 0 fully saturated rings. The minimum Gasteiger partial charge on any atom is -0.340 e. The van der Waals surface area contributed by atoms with Crippen LogP contribution in [0.4, 0.5) is 11.5 Å². The maximum Gasteiger partial charge on any atom is 0.254 e. The average molecular weight is 317 g/mol. The number of aryl methyl sites for hydroxylation is 2. The van der Waals surface area contributed by atoms with Crippen LogP contribution in [0.3, 0.4) is 0 Å². The van der Waals surface area contributed by atoms with Crippen LogP contribution in [0.5, 0.6) is 0 Å². The van der Waals surface area contributed by atoms with Gasteiger partial charge in [-0.05, 0) is 44.2 Å². The highest BCUT2D eigenvalue weighted by Gasteiger charge is 2.07. The summed E-state index contributed by atoms with van der Waals surface area (Å²) in [7, 11) is 0. The molecule has 0 saturated carbocycles. The summed E-state index contributed by atoms with van der Waals surface area (Å²) in [5.74, 6) is 2.11. The maximum atomic E-state index is 4.44. The Bertz CT molecular complexity index is 1010. The van der Waals surface area contributed by atoms with Crippen LogP contribution in [0.2, 0.25) is 0 Å². The SMILES string of the molecule is Cc1ccnc(-c2ccc(Nc3cc(C)nc4ncnn34)cc2)n1. The third-order valence-corrected chi connectivity index (χ3v) is 3.59. The molecule has 0 atom stereocenters. The number of benzene rings is 1. The van der Waals surface area contributed by atoms with E-state index in [-0.39, 0.29) is 0 Å². The third kappa shape index (κ3) is 2.67. The van der Waals surface area contributed by atoms with Crippen LogP contribution in [-0.2, 0) is 0 Å². The van der Waals surface area contributed by atoms with Crippen molar-refractivity contribution in [3.63, 3.8) is 0 Å². The summed E-state index contributed by atoms with van der Waals surface area (Å²) in [6.45, 7) is 3.88. The molecule has 1 N–H and O–H groups in total. The van der Waals surface area contributed by atoms with Crippen LogP contribution >= 0.6 is 0 Å². The van der Waals surface area contributed by atoms with Gasteiger partial charge in [0.2, 0.25) is 0 Å². The van der Waals surface area contributed by atoms with Crippen molar-refractivity contribution in [1.29, 1.82) is 0 Å². The van der Waals surface area contributed by atoms with Crippen molar-refractivity contribution in [3.8, 4) is 11.4 Å². The summed E-state index contributed by atoms with van der Waals surface area (Å²) in [4.78, 5) is 17.2. The first-order valence-electron chi connectivity index (χ1n) is 7.53. The molecule has 0 spiro atoms. The second kappa shape index (κ2) is 5.69. The lowest BCUT2D eigenvalue weighted by molar-refractivity contribution is 0.937. The summed E-state index contributed by atoms with van der Waals surface area (Å²) in [6.07, 6.45) is 3.26. The van der Waals surface area contributed by atoms with E-state index >= 15 is 0 Å². The van der Waals surface area contributed by atoms with E-state index in [4.69, 9.17) is 0 Å². The van der Waals surface area contributed by atoms with Gasteiger partial charge in [-0.2, -0.15) is 14.6 Å². The lowest BCUT2D eigenvalue weighted by Crippen LogP contribution is -2.02. The van der Waals surface area contributed by atoms with Crippen molar-refractivity contribution in [3.05, 3.63) is 60.3 Å². The molecule has 0 saturated heterocycles. The van der Waals surface area contributed by atoms with Crippen LogP contribution in [0, 0.1) is 13.8 Å². The zero-order valence-electron chi connectivity index (χ0n) is 13.3. The second-order valence-corrected chi connectivity index (χ2v) is 5.48. The fraction of sp³-hybridized carbons (Fsp3) is 0.118. The van der Waals surface area contributed by atoms with E-state index in [1.807, 2.05) is 50.2 Å². The van der Waals surface area contributed by atoms with Gasteiger partial charge in [-0.1, -0.05) is 0 Å². The van der Waals surface area contributed by atoms with Gasteiger partial charge >= 0.3 is 0 Å². The number of hydrogen-bond acceptors (Lipinski definition) is 6. The van der Waals surface area contributed by atoms with Gasteiger partial charge in [0.15, 0.2) is 5.82 Å². The molecule has 0 amide bonds. The largest absolute Gasteiger partial charge is 0.340 e. The van der Waals surface area contributed by atoms with Crippen LogP contribution < -0.4 is 5.32 Å². The second-order valence-electron chi connectivity index (χ2n) is 5.48. The van der Waals surface area contributed by atoms with Gasteiger partial charge < -0.3 is 5.32 Å². The number of fused-ring (bicyclic) bond motifs is 1. The van der Waals surface area contributed by atoms with Crippen molar-refractivity contribution in [2.24, 2.45) is 0 Å². The highest BCUT2D eigenvalue weighted by molar-refractivity contribution is 5.64. The Balaban J connectivity index is 1.64. The molecule has 24 heavy (non-hydrogen) atoms. The summed E-state index contributed by atoms with van der Waals surface area (Å²) in [5, 5.41) is 7.53. The predicted molar refractivity (Wildman–Crippen MR) is 91.0 cm³/mol. The minimum absolute atomic E-state index is 0.572. The normalized spacial score (nSPS) is 10.9. The Morgan fingerprint density at radius 2 is 1.75 bits per heavy atom. The van der Waals surface area contributed by atoms with E-state index in [0.29, 0.717) is 5.78 Å². The van der Waals surface area contributed by atoms with E-state index in [1.54, 1.807) is 10.7 Å². The molecular weight excluding hydrogens is 302 g/mol. The quantitative estimate of drug-likeness (QED) is 0.625. The van der Waals surface area contributed by atoms with Crippen molar-refractivity contribution >= 4 is 17.3 Å². The van der Waals surface area contributed by atoms with Crippen molar-refractivity contribution in [2.75, 3.05) is 5.32 Å². The first-order valence-corrected chi connectivity index (χ1v) is 7.53. The van der Waals surface area contributed by atoms with E-state index in [1.165, 1.54) is 6.33 Å². The maximum absolute atomic E-state index is 4.44. The van der Waals surface area contributed by atoms with Crippen molar-refractivity contribution in [1.82, 2.24) is 29.5 Å². The van der Waals surface area contributed by atoms with Gasteiger partial charge in [0.05, 0.1) is 0 Å². The topological polar surface area (TPSA) is 80.9 Å². The Hall–Kier alpha value is -3.35. The first-order chi connectivity index (χ1) is 11.7. The Labute approximate surface area is 138 Å². The monoisotopic (exact) mass is 317 g/mol. The van der Waals surface area contributed by atoms with Crippen LogP contribution in [0.25, 0.3) is 17.2 Å². The minimum atomic E-state index is 0.572. The molecule has 0 bridgehead atoms. The molecule has 7 nitrogen and oxygen atoms in total. The molecule has 7 heteroatoms. The molecule has 0 radical (unpaired) electrons. The van der Waals surface area contributed by atoms with Gasteiger partial charge in [-0.25, -0.2) is 15.0 Å². The van der Waals surface area contributed by atoms with Gasteiger partial charge in [-0.3, -0.25) is 0 Å². The fourth-order valence-corrected chi connectivity index (χ4v) is 2.46. The van der Waals surface area contributed by atoms with Gasteiger partial charge in [0.1, 0.15) is 12.1 Å². The van der Waals surface area contributed by atoms with Gasteiger partial charge in [-0.15, -0.1) is 0 Å². The number of aromatic nitrogens is 6. The molecule has 0 aliphatic heterocycles. The molecular formula is C17H15N7. The molecule has 0 aliphatic rings. The summed E-state index contributed by atoms with van der Waals surface area (Å²) >= 11 is 0. The number of hydrogen-bond donors (Lipinski definition) is 1. The summed E-state index contributed by atoms with van der Waals surface area (Å²) in [6, 6.07) is 11.8. The zero-order chi connectivity index (χ0) is 16.5. The first kappa shape index (κ1) is 14.3. The zero-order valence-corrected chi connectivity index (χ0v) is 13.3. The lowest BCUT2D eigenvalue weighted by atomic mass is 10.2. The van der Waals surface area contributed by atoms with Gasteiger partial charge in [0.25, 0.3) is 5.78 Å². The fourth-order valence-electron chi connectivity index (χ4n) is 2.46. The van der Waals surface area contributed by atoms with Crippen LogP contribution in [-0.4, -0.2) is 29.5 Å². The highest BCUT2D eigenvalue weighted by atomic mass is 15.3. The van der Waals surface area contributed by atoms with Crippen LogP contribution in [0.1, 0.15) is 11.4 Å². The van der Waals surface area contributed by atoms with Gasteiger partial charge in [0, 0.05) is 34.9 Å². The predicted octanol–water partition coefficient (Wildman–Crippen LogP) is 2.94. The van der Waals surface area contributed by atoms with E-state index in [0.717, 1.165) is 34.3 Å². The van der Waals surface area contributed by atoms with E-state index in [2.05, 4.69) is 30.4 Å². The molecule has 0 unspecified atom stereocenters. The Morgan fingerprint density at radius 1 is 0.917 bits per heavy atom. The van der Waals surface area contributed by atoms with E-state index in [9.17, 15) is 0 Å². The standard InChI is InChI=1S/C17H15N7/c1-11-7-8-18-16(21-11)13-3-5-14(6-4-13)23-15-9-12(2)22-17-19-10-20-24(15)17/h3-10,23H,1-2H3. The van der Waals surface area contributed by atoms with Crippen LogP contribution in [0.15, 0.2) is 48.9 Å². The Kier molecular flexibility index (Phi) is 3.38. The summed E-state index contributed by atoms with van der Waals surface area (Å²) in [5.41, 5.74) is 3.74. The number of nitrogens with one attached hydrogen (secondary N) is 1. The smallest absolute Gasteiger partial charge is 0.254 e. The van der Waals surface area contributed by atoms with E-state index < -0.39 is 0 Å². The third-order valence-electron chi connectivity index (χ3n) is 3.59. The molecule has 4 aromatic rings. The molecule has 3 heterocycles. The number of anilines is 2. The highest BCUT2D eigenvalue weighted by Crippen LogP contribution is 2.21. The lowest BCUT2D eigenvalue weighted by Gasteiger charge is -2.09. The molecule has 3 aromatic heterocycles. The number of nitrogens with zero attached hydrogens (tertiary/aromatic N) is 6. The molecule has 4 rings (SSSR count). The number of rotatable bonds is 3. The molecule has 0 aliphatic carbocycles. The average Bonchev–Trinajstić information content (AvgIpc) is 3.04. The van der Waals surface area contributed by atoms with Crippen molar-refractivity contribution in [2.45, 2.75) is 13.8 Å². The summed E-state index contributed by atoms with van der Waals surface area (Å²) < 4.78 is 1.67. The molecule has 118 valence electrons. The Morgan fingerprint density at radius 3 is 2.54 bits per heavy atom. The molecule has 1 aromatic carbocycles. The van der Waals surface area contributed by atoms with Crippen molar-refractivity contribution < 1.29 is 0 Å².